The first-order valence-corrected chi connectivity index (χ1v) is 11.9. The number of carboxylic acid groups (broad SMARTS) is 1. The number of aliphatic carboxylic acids is 1. The normalized spacial score (nSPS) is 17.7. The Morgan fingerprint density at radius 3 is 2.81 bits per heavy atom. The van der Waals surface area contributed by atoms with E-state index in [1.807, 2.05) is 79.9 Å². The average molecular weight is 480 g/mol. The summed E-state index contributed by atoms with van der Waals surface area (Å²) in [6.45, 7) is 2.04. The monoisotopic (exact) mass is 479 g/mol. The van der Waals surface area contributed by atoms with E-state index in [0.717, 1.165) is 33.3 Å². The molecule has 1 saturated carbocycles. The SMILES string of the molecule is Cc1c(Oc2cccc(-c3ncc(C(O)c4cccc(C5CC5C(=O)O)c4)[nH]3)c2)ccc2[nH]ccc12. The predicted octanol–water partition coefficient (Wildman–Crippen LogP) is 5.93. The number of ether oxygens (including phenoxy) is 1. The van der Waals surface area contributed by atoms with Crippen LogP contribution in [0, 0.1) is 12.8 Å². The summed E-state index contributed by atoms with van der Waals surface area (Å²) in [7, 11) is 0. The summed E-state index contributed by atoms with van der Waals surface area (Å²) < 4.78 is 6.19. The number of aliphatic hydroxyl groups is 1. The van der Waals surface area contributed by atoms with Gasteiger partial charge in [-0.25, -0.2) is 4.98 Å². The molecule has 5 aromatic rings. The van der Waals surface area contributed by atoms with Crippen LogP contribution in [0.15, 0.2) is 79.1 Å². The number of hydrogen-bond donors (Lipinski definition) is 4. The number of hydrogen-bond acceptors (Lipinski definition) is 4. The third kappa shape index (κ3) is 4.03. The van der Waals surface area contributed by atoms with Gasteiger partial charge in [-0.1, -0.05) is 36.4 Å². The van der Waals surface area contributed by atoms with Crippen LogP contribution in [0.25, 0.3) is 22.3 Å². The highest BCUT2D eigenvalue weighted by molar-refractivity contribution is 5.85. The number of imidazole rings is 1. The first-order valence-electron chi connectivity index (χ1n) is 11.9. The van der Waals surface area contributed by atoms with Gasteiger partial charge in [0.1, 0.15) is 23.4 Å². The molecule has 2 heterocycles. The standard InChI is InChI=1S/C29H25N3O4/c1-16-21-10-11-30-24(21)8-9-26(16)36-20-7-3-6-19(13-20)28-31-15-25(32-28)27(33)18-5-2-4-17(12-18)22-14-23(22)29(34)35/h2-13,15,22-23,27,30,33H,14H2,1H3,(H,31,32)(H,34,35). The Bertz CT molecular complexity index is 1580. The minimum Gasteiger partial charge on any atom is -0.481 e. The summed E-state index contributed by atoms with van der Waals surface area (Å²) in [6, 6.07) is 21.1. The van der Waals surface area contributed by atoms with Gasteiger partial charge in [-0.05, 0) is 60.7 Å². The van der Waals surface area contributed by atoms with Crippen LogP contribution < -0.4 is 4.74 Å². The minimum atomic E-state index is -0.900. The molecule has 36 heavy (non-hydrogen) atoms. The van der Waals surface area contributed by atoms with Gasteiger partial charge in [0.25, 0.3) is 0 Å². The smallest absolute Gasteiger partial charge is 0.307 e. The van der Waals surface area contributed by atoms with Crippen LogP contribution in [0.2, 0.25) is 0 Å². The second-order valence-electron chi connectivity index (χ2n) is 9.30. The van der Waals surface area contributed by atoms with Crippen molar-refractivity contribution in [1.82, 2.24) is 15.0 Å². The quantitative estimate of drug-likeness (QED) is 0.231. The van der Waals surface area contributed by atoms with E-state index < -0.39 is 12.1 Å². The molecule has 7 nitrogen and oxygen atoms in total. The number of nitrogens with zero attached hydrogens (tertiary/aromatic N) is 1. The lowest BCUT2D eigenvalue weighted by atomic mass is 10.0. The molecule has 6 rings (SSSR count). The molecule has 0 amide bonds. The summed E-state index contributed by atoms with van der Waals surface area (Å²) in [5.41, 5.74) is 5.17. The Kier molecular flexibility index (Phi) is 5.34. The van der Waals surface area contributed by atoms with Crippen molar-refractivity contribution in [3.05, 3.63) is 102 Å². The number of carbonyl (C=O) groups is 1. The van der Waals surface area contributed by atoms with Gasteiger partial charge in [0, 0.05) is 28.2 Å². The van der Waals surface area contributed by atoms with Crippen LogP contribution in [-0.2, 0) is 4.79 Å². The predicted molar refractivity (Wildman–Crippen MR) is 136 cm³/mol. The lowest BCUT2D eigenvalue weighted by Crippen LogP contribution is -2.02. The highest BCUT2D eigenvalue weighted by Crippen LogP contribution is 2.48. The summed E-state index contributed by atoms with van der Waals surface area (Å²) in [5.74, 6) is 1.01. The third-order valence-electron chi connectivity index (χ3n) is 6.94. The molecule has 1 fully saturated rings. The molecule has 1 aliphatic carbocycles. The number of aromatic nitrogens is 3. The molecule has 0 radical (unpaired) electrons. The summed E-state index contributed by atoms with van der Waals surface area (Å²) in [6.07, 6.45) is 3.28. The van der Waals surface area contributed by atoms with Gasteiger partial charge in [0.2, 0.25) is 0 Å². The fraction of sp³-hybridized carbons (Fsp3) is 0.172. The topological polar surface area (TPSA) is 111 Å². The molecule has 3 unspecified atom stereocenters. The number of aliphatic hydroxyl groups excluding tert-OH is 1. The molecule has 0 bridgehead atoms. The third-order valence-corrected chi connectivity index (χ3v) is 6.94. The van der Waals surface area contributed by atoms with E-state index in [0.29, 0.717) is 29.3 Å². The number of aryl methyl sites for hydroxylation is 1. The van der Waals surface area contributed by atoms with Crippen molar-refractivity contribution in [2.75, 3.05) is 0 Å². The van der Waals surface area contributed by atoms with Crippen LogP contribution in [0.4, 0.5) is 0 Å². The molecule has 0 aliphatic heterocycles. The largest absolute Gasteiger partial charge is 0.481 e. The summed E-state index contributed by atoms with van der Waals surface area (Å²) in [5, 5.41) is 21.3. The van der Waals surface area contributed by atoms with Crippen molar-refractivity contribution in [2.45, 2.75) is 25.4 Å². The highest BCUT2D eigenvalue weighted by Gasteiger charge is 2.44. The Morgan fingerprint density at radius 1 is 1.11 bits per heavy atom. The van der Waals surface area contributed by atoms with Crippen LogP contribution in [0.3, 0.4) is 0 Å². The highest BCUT2D eigenvalue weighted by atomic mass is 16.5. The molecule has 3 atom stereocenters. The Morgan fingerprint density at radius 2 is 1.97 bits per heavy atom. The number of H-pyrrole nitrogens is 2. The van der Waals surface area contributed by atoms with Gasteiger partial charge in [-0.15, -0.1) is 0 Å². The Hall–Kier alpha value is -4.36. The van der Waals surface area contributed by atoms with E-state index in [-0.39, 0.29) is 11.8 Å². The maximum absolute atomic E-state index is 11.2. The van der Waals surface area contributed by atoms with E-state index in [4.69, 9.17) is 4.74 Å². The molecule has 7 heteroatoms. The van der Waals surface area contributed by atoms with E-state index in [2.05, 4.69) is 15.0 Å². The molecule has 4 N–H and O–H groups in total. The van der Waals surface area contributed by atoms with Crippen molar-refractivity contribution in [3.8, 4) is 22.9 Å². The van der Waals surface area contributed by atoms with Crippen molar-refractivity contribution < 1.29 is 19.7 Å². The first-order chi connectivity index (χ1) is 17.5. The fourth-order valence-electron chi connectivity index (χ4n) is 4.81. The van der Waals surface area contributed by atoms with Gasteiger partial charge in [0.15, 0.2) is 0 Å². The number of fused-ring (bicyclic) bond motifs is 1. The molecular weight excluding hydrogens is 454 g/mol. The average Bonchev–Trinajstić information content (AvgIpc) is 3.30. The van der Waals surface area contributed by atoms with Crippen molar-refractivity contribution in [1.29, 1.82) is 0 Å². The molecule has 3 aromatic carbocycles. The maximum atomic E-state index is 11.2. The van der Waals surface area contributed by atoms with Gasteiger partial charge in [-0.3, -0.25) is 4.79 Å². The second-order valence-corrected chi connectivity index (χ2v) is 9.30. The molecule has 180 valence electrons. The van der Waals surface area contributed by atoms with Crippen LogP contribution in [0.1, 0.15) is 40.8 Å². The Labute approximate surface area is 207 Å². The molecule has 2 aromatic heterocycles. The van der Waals surface area contributed by atoms with Gasteiger partial charge < -0.3 is 24.9 Å². The molecular formula is C29H25N3O4. The van der Waals surface area contributed by atoms with Gasteiger partial charge in [0.05, 0.1) is 17.8 Å². The van der Waals surface area contributed by atoms with E-state index in [1.165, 1.54) is 0 Å². The number of aromatic amines is 2. The molecule has 0 saturated heterocycles. The van der Waals surface area contributed by atoms with Crippen molar-refractivity contribution >= 4 is 16.9 Å². The van der Waals surface area contributed by atoms with E-state index in [9.17, 15) is 15.0 Å². The number of rotatable bonds is 7. The lowest BCUT2D eigenvalue weighted by molar-refractivity contribution is -0.138. The number of nitrogens with one attached hydrogen (secondary N) is 2. The summed E-state index contributed by atoms with van der Waals surface area (Å²) >= 11 is 0. The zero-order chi connectivity index (χ0) is 24.8. The second kappa shape index (κ2) is 8.70. The molecule has 1 aliphatic rings. The summed E-state index contributed by atoms with van der Waals surface area (Å²) in [4.78, 5) is 22.2. The first kappa shape index (κ1) is 22.1. The van der Waals surface area contributed by atoms with Crippen molar-refractivity contribution in [3.63, 3.8) is 0 Å². The van der Waals surface area contributed by atoms with E-state index >= 15 is 0 Å². The van der Waals surface area contributed by atoms with Crippen molar-refractivity contribution in [2.24, 2.45) is 5.92 Å². The maximum Gasteiger partial charge on any atom is 0.307 e. The van der Waals surface area contributed by atoms with Crippen LogP contribution >= 0.6 is 0 Å². The van der Waals surface area contributed by atoms with Gasteiger partial charge in [-0.2, -0.15) is 0 Å². The van der Waals surface area contributed by atoms with Gasteiger partial charge >= 0.3 is 5.97 Å². The number of benzene rings is 3. The molecule has 0 spiro atoms. The lowest BCUT2D eigenvalue weighted by Gasteiger charge is -2.11. The fourth-order valence-corrected chi connectivity index (χ4v) is 4.81. The van der Waals surface area contributed by atoms with Crippen LogP contribution in [-0.4, -0.2) is 31.1 Å². The minimum absolute atomic E-state index is 0.0105. The zero-order valence-electron chi connectivity index (χ0n) is 19.6. The van der Waals surface area contributed by atoms with E-state index in [1.54, 1.807) is 6.20 Å². The zero-order valence-corrected chi connectivity index (χ0v) is 19.6. The van der Waals surface area contributed by atoms with Crippen LogP contribution in [0.5, 0.6) is 11.5 Å². The number of carboxylic acids is 1. The Balaban J connectivity index is 1.22.